The second kappa shape index (κ2) is 5.21. The van der Waals surface area contributed by atoms with Gasteiger partial charge in [-0.1, -0.05) is 28.1 Å². The standard InChI is InChI=1S/C12H10BrClOS/c1-15-10-7-8(13)4-5-9(10)12(14)11-3-2-6-16-11/h2-7,12H,1H3. The van der Waals surface area contributed by atoms with E-state index in [0.717, 1.165) is 20.7 Å². The van der Waals surface area contributed by atoms with Crippen LogP contribution in [0.3, 0.4) is 0 Å². The number of alkyl halides is 1. The predicted molar refractivity (Wildman–Crippen MR) is 72.7 cm³/mol. The van der Waals surface area contributed by atoms with Crippen molar-refractivity contribution in [1.82, 2.24) is 0 Å². The molecule has 4 heteroatoms. The number of hydrogen-bond acceptors (Lipinski definition) is 2. The summed E-state index contributed by atoms with van der Waals surface area (Å²) in [6.07, 6.45) is 0. The van der Waals surface area contributed by atoms with Crippen molar-refractivity contribution in [3.05, 3.63) is 50.6 Å². The Kier molecular flexibility index (Phi) is 3.90. The molecule has 84 valence electrons. The van der Waals surface area contributed by atoms with E-state index in [1.165, 1.54) is 0 Å². The van der Waals surface area contributed by atoms with Crippen molar-refractivity contribution in [2.24, 2.45) is 0 Å². The van der Waals surface area contributed by atoms with Gasteiger partial charge in [0.25, 0.3) is 0 Å². The molecule has 1 heterocycles. The number of benzene rings is 1. The van der Waals surface area contributed by atoms with Crippen molar-refractivity contribution >= 4 is 38.9 Å². The Morgan fingerprint density at radius 1 is 1.38 bits per heavy atom. The molecule has 0 spiro atoms. The molecule has 1 nitrogen and oxygen atoms in total. The van der Waals surface area contributed by atoms with E-state index in [2.05, 4.69) is 15.9 Å². The lowest BCUT2D eigenvalue weighted by atomic mass is 10.1. The molecule has 1 unspecified atom stereocenters. The molecule has 0 N–H and O–H groups in total. The van der Waals surface area contributed by atoms with Gasteiger partial charge in [0.1, 0.15) is 5.75 Å². The van der Waals surface area contributed by atoms with Crippen molar-refractivity contribution in [3.63, 3.8) is 0 Å². The van der Waals surface area contributed by atoms with E-state index in [0.29, 0.717) is 0 Å². The molecule has 0 aliphatic heterocycles. The highest BCUT2D eigenvalue weighted by molar-refractivity contribution is 9.10. The van der Waals surface area contributed by atoms with Gasteiger partial charge in [-0.25, -0.2) is 0 Å². The average molecular weight is 318 g/mol. The SMILES string of the molecule is COc1cc(Br)ccc1C(Cl)c1cccs1. The molecule has 2 rings (SSSR count). The first-order chi connectivity index (χ1) is 7.72. The summed E-state index contributed by atoms with van der Waals surface area (Å²) in [6.45, 7) is 0. The van der Waals surface area contributed by atoms with E-state index in [4.69, 9.17) is 16.3 Å². The van der Waals surface area contributed by atoms with Crippen LogP contribution in [-0.2, 0) is 0 Å². The largest absolute Gasteiger partial charge is 0.496 e. The van der Waals surface area contributed by atoms with Gasteiger partial charge in [-0.05, 0) is 23.6 Å². The normalized spacial score (nSPS) is 12.4. The highest BCUT2D eigenvalue weighted by Gasteiger charge is 2.16. The van der Waals surface area contributed by atoms with Crippen LogP contribution in [0.5, 0.6) is 5.75 Å². The van der Waals surface area contributed by atoms with Gasteiger partial charge in [0.2, 0.25) is 0 Å². The molecule has 0 radical (unpaired) electrons. The number of rotatable bonds is 3. The summed E-state index contributed by atoms with van der Waals surface area (Å²) in [5, 5.41) is 1.87. The molecule has 0 bridgehead atoms. The Bertz CT molecular complexity index is 470. The lowest BCUT2D eigenvalue weighted by molar-refractivity contribution is 0.410. The summed E-state index contributed by atoms with van der Waals surface area (Å²) in [5.74, 6) is 0.808. The van der Waals surface area contributed by atoms with Crippen molar-refractivity contribution in [2.75, 3.05) is 7.11 Å². The third kappa shape index (κ3) is 2.42. The van der Waals surface area contributed by atoms with Crippen molar-refractivity contribution < 1.29 is 4.74 Å². The summed E-state index contributed by atoms with van der Waals surface area (Å²) in [4.78, 5) is 1.13. The van der Waals surface area contributed by atoms with Crippen LogP contribution in [-0.4, -0.2) is 7.11 Å². The van der Waals surface area contributed by atoms with Crippen molar-refractivity contribution in [2.45, 2.75) is 5.38 Å². The second-order valence-corrected chi connectivity index (χ2v) is 5.60. The van der Waals surface area contributed by atoms with E-state index in [1.807, 2.05) is 35.7 Å². The van der Waals surface area contributed by atoms with E-state index in [9.17, 15) is 0 Å². The predicted octanol–water partition coefficient (Wildman–Crippen LogP) is 4.85. The van der Waals surface area contributed by atoms with Crippen LogP contribution < -0.4 is 4.74 Å². The highest BCUT2D eigenvalue weighted by atomic mass is 79.9. The maximum atomic E-state index is 6.42. The monoisotopic (exact) mass is 316 g/mol. The molecule has 16 heavy (non-hydrogen) atoms. The van der Waals surface area contributed by atoms with Crippen molar-refractivity contribution in [3.8, 4) is 5.75 Å². The molecule has 0 saturated heterocycles. The molecule has 1 atom stereocenters. The fourth-order valence-corrected chi connectivity index (χ4v) is 2.95. The zero-order valence-electron chi connectivity index (χ0n) is 8.61. The fourth-order valence-electron chi connectivity index (χ4n) is 1.48. The Hall–Kier alpha value is -0.510. The van der Waals surface area contributed by atoms with Crippen LogP contribution in [0.2, 0.25) is 0 Å². The molecular formula is C12H10BrClOS. The van der Waals surface area contributed by atoms with E-state index in [-0.39, 0.29) is 5.38 Å². The topological polar surface area (TPSA) is 9.23 Å². The molecule has 0 saturated carbocycles. The Labute approximate surface area is 112 Å². The van der Waals surface area contributed by atoms with Crippen LogP contribution in [0.4, 0.5) is 0 Å². The van der Waals surface area contributed by atoms with Gasteiger partial charge < -0.3 is 4.74 Å². The minimum atomic E-state index is -0.150. The first-order valence-corrected chi connectivity index (χ1v) is 6.84. The minimum absolute atomic E-state index is 0.150. The van der Waals surface area contributed by atoms with Crippen LogP contribution >= 0.6 is 38.9 Å². The Morgan fingerprint density at radius 3 is 2.81 bits per heavy atom. The van der Waals surface area contributed by atoms with Gasteiger partial charge in [-0.3, -0.25) is 0 Å². The molecular weight excluding hydrogens is 308 g/mol. The molecule has 0 fully saturated rings. The molecule has 2 aromatic rings. The molecule has 1 aromatic carbocycles. The van der Waals surface area contributed by atoms with Crippen LogP contribution in [0.25, 0.3) is 0 Å². The van der Waals surface area contributed by atoms with Gasteiger partial charge in [-0.15, -0.1) is 22.9 Å². The summed E-state index contributed by atoms with van der Waals surface area (Å²) < 4.78 is 6.32. The summed E-state index contributed by atoms with van der Waals surface area (Å²) in [6, 6.07) is 9.92. The summed E-state index contributed by atoms with van der Waals surface area (Å²) in [5.41, 5.74) is 0.995. The van der Waals surface area contributed by atoms with Gasteiger partial charge in [0, 0.05) is 14.9 Å². The third-order valence-electron chi connectivity index (χ3n) is 2.26. The van der Waals surface area contributed by atoms with Gasteiger partial charge in [0.05, 0.1) is 12.5 Å². The van der Waals surface area contributed by atoms with E-state index in [1.54, 1.807) is 18.4 Å². The number of hydrogen-bond donors (Lipinski definition) is 0. The minimum Gasteiger partial charge on any atom is -0.496 e. The highest BCUT2D eigenvalue weighted by Crippen LogP contribution is 2.38. The number of halogens is 2. The molecule has 0 amide bonds. The second-order valence-electron chi connectivity index (χ2n) is 3.26. The van der Waals surface area contributed by atoms with Crippen LogP contribution in [0.15, 0.2) is 40.2 Å². The fraction of sp³-hybridized carbons (Fsp3) is 0.167. The zero-order valence-corrected chi connectivity index (χ0v) is 11.8. The van der Waals surface area contributed by atoms with E-state index < -0.39 is 0 Å². The molecule has 1 aromatic heterocycles. The number of ether oxygens (including phenoxy) is 1. The number of methoxy groups -OCH3 is 1. The third-order valence-corrected chi connectivity index (χ3v) is 4.29. The first kappa shape index (κ1) is 12.0. The maximum absolute atomic E-state index is 6.42. The van der Waals surface area contributed by atoms with Crippen LogP contribution in [0, 0.1) is 0 Å². The summed E-state index contributed by atoms with van der Waals surface area (Å²) >= 11 is 11.5. The Morgan fingerprint density at radius 2 is 2.19 bits per heavy atom. The molecule has 0 aliphatic carbocycles. The van der Waals surface area contributed by atoms with Gasteiger partial charge >= 0.3 is 0 Å². The molecule has 0 aliphatic rings. The van der Waals surface area contributed by atoms with Crippen molar-refractivity contribution in [1.29, 1.82) is 0 Å². The maximum Gasteiger partial charge on any atom is 0.125 e. The Balaban J connectivity index is 2.40. The smallest absolute Gasteiger partial charge is 0.125 e. The van der Waals surface area contributed by atoms with Gasteiger partial charge in [0.15, 0.2) is 0 Å². The lowest BCUT2D eigenvalue weighted by Crippen LogP contribution is -1.95. The lowest BCUT2D eigenvalue weighted by Gasteiger charge is -2.13. The van der Waals surface area contributed by atoms with E-state index >= 15 is 0 Å². The van der Waals surface area contributed by atoms with Gasteiger partial charge in [-0.2, -0.15) is 0 Å². The number of thiophene rings is 1. The zero-order chi connectivity index (χ0) is 11.5. The first-order valence-electron chi connectivity index (χ1n) is 4.73. The van der Waals surface area contributed by atoms with Crippen LogP contribution in [0.1, 0.15) is 15.8 Å². The quantitative estimate of drug-likeness (QED) is 0.736. The average Bonchev–Trinajstić information content (AvgIpc) is 2.81. The summed E-state index contributed by atoms with van der Waals surface area (Å²) in [7, 11) is 1.66.